The van der Waals surface area contributed by atoms with Gasteiger partial charge in [-0.25, -0.2) is 0 Å². The fraction of sp³-hybridized carbons (Fsp3) is 0.346. The van der Waals surface area contributed by atoms with E-state index in [1.54, 1.807) is 18.2 Å². The van der Waals surface area contributed by atoms with Gasteiger partial charge in [-0.1, -0.05) is 17.8 Å². The molecule has 1 aromatic heterocycles. The first-order valence-electron chi connectivity index (χ1n) is 11.1. The van der Waals surface area contributed by atoms with E-state index >= 15 is 0 Å². The van der Waals surface area contributed by atoms with E-state index in [9.17, 15) is 0 Å². The van der Waals surface area contributed by atoms with Crippen LogP contribution < -0.4 is 38.2 Å². The zero-order chi connectivity index (χ0) is 20.7. The summed E-state index contributed by atoms with van der Waals surface area (Å²) < 4.78 is 7.81. The van der Waals surface area contributed by atoms with E-state index in [1.807, 2.05) is 11.8 Å². The lowest BCUT2D eigenvalue weighted by molar-refractivity contribution is -0.669. The van der Waals surface area contributed by atoms with E-state index in [4.69, 9.17) is 4.74 Å². The van der Waals surface area contributed by atoms with Crippen molar-refractivity contribution in [3.63, 3.8) is 0 Å². The molecule has 0 amide bonds. The summed E-state index contributed by atoms with van der Waals surface area (Å²) in [5.41, 5.74) is 7.04. The molecule has 0 spiro atoms. The Hall–Kier alpha value is -1.73. The van der Waals surface area contributed by atoms with Gasteiger partial charge in [0.15, 0.2) is 0 Å². The van der Waals surface area contributed by atoms with Gasteiger partial charge in [0.2, 0.25) is 11.2 Å². The van der Waals surface area contributed by atoms with Gasteiger partial charge in [-0.15, -0.1) is 0 Å². The molecule has 0 unspecified atom stereocenters. The Morgan fingerprint density at radius 2 is 1.90 bits per heavy atom. The Kier molecular flexibility index (Phi) is 6.82. The smallest absolute Gasteiger partial charge is 0.213 e. The molecule has 5 heteroatoms. The largest absolute Gasteiger partial charge is 1.00 e. The molecule has 162 valence electrons. The van der Waals surface area contributed by atoms with Crippen molar-refractivity contribution >= 4 is 34.4 Å². The highest BCUT2D eigenvalue weighted by Crippen LogP contribution is 2.50. The van der Waals surface area contributed by atoms with Crippen LogP contribution in [-0.4, -0.2) is 13.7 Å². The van der Waals surface area contributed by atoms with Crippen LogP contribution in [0.15, 0.2) is 52.4 Å². The quantitative estimate of drug-likeness (QED) is 0.372. The first-order chi connectivity index (χ1) is 14.7. The molecule has 2 aliphatic rings. The number of ether oxygens (including phenoxy) is 1. The van der Waals surface area contributed by atoms with Gasteiger partial charge in [-0.3, -0.25) is 0 Å². The van der Waals surface area contributed by atoms with Gasteiger partial charge in [-0.05, 0) is 74.9 Å². The summed E-state index contributed by atoms with van der Waals surface area (Å²) in [5.74, 6) is 0.903. The van der Waals surface area contributed by atoms with E-state index in [0.29, 0.717) is 0 Å². The Bertz CT molecular complexity index is 1160. The maximum atomic E-state index is 5.41. The van der Waals surface area contributed by atoms with Crippen LogP contribution in [0.25, 0.3) is 17.0 Å². The van der Waals surface area contributed by atoms with Crippen LogP contribution in [0.4, 0.5) is 5.69 Å². The lowest BCUT2D eigenvalue weighted by Gasteiger charge is -2.21. The number of fused-ring (bicyclic) bond motifs is 4. The molecule has 0 bridgehead atoms. The summed E-state index contributed by atoms with van der Waals surface area (Å²) in [5, 5.41) is 2.55. The molecule has 1 aliphatic heterocycles. The van der Waals surface area contributed by atoms with E-state index in [0.717, 1.165) is 18.8 Å². The summed E-state index contributed by atoms with van der Waals surface area (Å²) in [6.07, 6.45) is 7.48. The lowest BCUT2D eigenvalue weighted by Crippen LogP contribution is -3.00. The number of anilines is 1. The molecular weight excluding hydrogens is 515 g/mol. The Balaban J connectivity index is 0.00000231. The molecule has 0 saturated carbocycles. The van der Waals surface area contributed by atoms with Crippen LogP contribution in [0.2, 0.25) is 0 Å². The first-order valence-corrected chi connectivity index (χ1v) is 11.9. The minimum Gasteiger partial charge on any atom is -1.00 e. The molecule has 5 rings (SSSR count). The van der Waals surface area contributed by atoms with E-state index in [-0.39, 0.29) is 24.0 Å². The number of thioether (sulfide) groups is 1. The SMILES string of the molecule is CCN1C(=Cc2ccc3cc(OC)ccc3[n+]2CC)Sc2c1ccc1c2CCCC1.[I-]. The molecular formula is C26H29IN2OS. The molecule has 3 aromatic rings. The Morgan fingerprint density at radius 3 is 2.68 bits per heavy atom. The average Bonchev–Trinajstić information content (AvgIpc) is 3.16. The van der Waals surface area contributed by atoms with E-state index in [2.05, 4.69) is 71.9 Å². The second kappa shape index (κ2) is 9.41. The summed E-state index contributed by atoms with van der Waals surface area (Å²) in [6.45, 7) is 6.39. The Labute approximate surface area is 206 Å². The second-order valence-corrected chi connectivity index (χ2v) is 9.05. The number of aryl methyl sites for hydroxylation is 2. The number of rotatable bonds is 4. The van der Waals surface area contributed by atoms with Crippen molar-refractivity contribution in [3.8, 4) is 5.75 Å². The van der Waals surface area contributed by atoms with Crippen molar-refractivity contribution in [2.24, 2.45) is 0 Å². The molecule has 1 aliphatic carbocycles. The third kappa shape index (κ3) is 3.95. The number of halogens is 1. The number of aromatic nitrogens is 1. The molecule has 0 fully saturated rings. The number of methoxy groups -OCH3 is 1. The molecule has 0 radical (unpaired) electrons. The molecule has 2 heterocycles. The van der Waals surface area contributed by atoms with Crippen molar-refractivity contribution in [1.82, 2.24) is 0 Å². The normalized spacial score (nSPS) is 16.2. The minimum absolute atomic E-state index is 0. The van der Waals surface area contributed by atoms with Gasteiger partial charge in [0.05, 0.1) is 23.2 Å². The highest BCUT2D eigenvalue weighted by Gasteiger charge is 2.29. The monoisotopic (exact) mass is 544 g/mol. The standard InChI is InChI=1S/C26H29N2OS.HI/c1-4-27-20(12-10-19-16-21(29-3)13-15-23(19)27)17-25-28(5-2)24-14-11-18-8-6-7-9-22(18)26(24)30-25;/h10-17H,4-9H2,1-3H3;1H/q+1;/p-1. The predicted octanol–water partition coefficient (Wildman–Crippen LogP) is 2.97. The maximum Gasteiger partial charge on any atom is 0.213 e. The van der Waals surface area contributed by atoms with Gasteiger partial charge in [0.25, 0.3) is 0 Å². The minimum atomic E-state index is 0. The average molecular weight is 545 g/mol. The van der Waals surface area contributed by atoms with Crippen LogP contribution in [0.1, 0.15) is 43.5 Å². The summed E-state index contributed by atoms with van der Waals surface area (Å²) >= 11 is 1.96. The van der Waals surface area contributed by atoms with Gasteiger partial charge in [-0.2, -0.15) is 4.57 Å². The third-order valence-electron chi connectivity index (χ3n) is 6.40. The van der Waals surface area contributed by atoms with Gasteiger partial charge >= 0.3 is 0 Å². The van der Waals surface area contributed by atoms with Gasteiger partial charge in [0, 0.05) is 29.6 Å². The van der Waals surface area contributed by atoms with Gasteiger partial charge < -0.3 is 33.6 Å². The highest BCUT2D eigenvalue weighted by molar-refractivity contribution is 8.04. The van der Waals surface area contributed by atoms with Crippen LogP contribution >= 0.6 is 11.8 Å². The van der Waals surface area contributed by atoms with E-state index in [1.165, 1.54) is 57.9 Å². The zero-order valence-corrected chi connectivity index (χ0v) is 21.4. The number of hydrogen-bond donors (Lipinski definition) is 0. The summed E-state index contributed by atoms with van der Waals surface area (Å²) in [6, 6.07) is 15.5. The second-order valence-electron chi connectivity index (χ2n) is 8.01. The summed E-state index contributed by atoms with van der Waals surface area (Å²) in [7, 11) is 1.72. The first kappa shape index (κ1) is 22.5. The van der Waals surface area contributed by atoms with Crippen LogP contribution in [0, 0.1) is 0 Å². The van der Waals surface area contributed by atoms with Gasteiger partial charge in [0.1, 0.15) is 12.3 Å². The zero-order valence-electron chi connectivity index (χ0n) is 18.5. The van der Waals surface area contributed by atoms with Crippen molar-refractivity contribution < 1.29 is 33.3 Å². The van der Waals surface area contributed by atoms with Crippen molar-refractivity contribution in [2.45, 2.75) is 51.0 Å². The number of hydrogen-bond acceptors (Lipinski definition) is 3. The van der Waals surface area contributed by atoms with E-state index < -0.39 is 0 Å². The molecule has 0 N–H and O–H groups in total. The maximum absolute atomic E-state index is 5.41. The molecule has 3 nitrogen and oxygen atoms in total. The lowest BCUT2D eigenvalue weighted by atomic mass is 9.91. The topological polar surface area (TPSA) is 16.4 Å². The summed E-state index contributed by atoms with van der Waals surface area (Å²) in [4.78, 5) is 3.97. The van der Waals surface area contributed by atoms with Crippen molar-refractivity contribution in [2.75, 3.05) is 18.6 Å². The number of pyridine rings is 1. The van der Waals surface area contributed by atoms with Crippen LogP contribution in [0.5, 0.6) is 5.75 Å². The molecule has 31 heavy (non-hydrogen) atoms. The fourth-order valence-electron chi connectivity index (χ4n) is 4.87. The molecule has 2 aromatic carbocycles. The Morgan fingerprint density at radius 1 is 1.06 bits per heavy atom. The van der Waals surface area contributed by atoms with Crippen LogP contribution in [-0.2, 0) is 19.4 Å². The molecule has 0 atom stereocenters. The highest BCUT2D eigenvalue weighted by atomic mass is 127. The molecule has 0 saturated heterocycles. The predicted molar refractivity (Wildman–Crippen MR) is 126 cm³/mol. The van der Waals surface area contributed by atoms with Crippen molar-refractivity contribution in [1.29, 1.82) is 0 Å². The van der Waals surface area contributed by atoms with Crippen LogP contribution in [0.3, 0.4) is 0 Å². The van der Waals surface area contributed by atoms with Crippen molar-refractivity contribution in [3.05, 3.63) is 64.3 Å². The number of benzene rings is 2. The number of nitrogens with zero attached hydrogens (tertiary/aromatic N) is 2. The fourth-order valence-corrected chi connectivity index (χ4v) is 6.23. The third-order valence-corrected chi connectivity index (χ3v) is 7.60.